The second-order valence-electron chi connectivity index (χ2n) is 24.5. The lowest BCUT2D eigenvalue weighted by molar-refractivity contribution is -0.151. The quantitative estimate of drug-likeness (QED) is 0.0431. The minimum Gasteiger partial charge on any atom is -0.379 e. The molecule has 8 rings (SSSR count). The Labute approximate surface area is 519 Å². The Hall–Kier alpha value is -7.48. The fourth-order valence-electron chi connectivity index (χ4n) is 13.1. The van der Waals surface area contributed by atoms with Crippen molar-refractivity contribution in [1.82, 2.24) is 46.2 Å². The summed E-state index contributed by atoms with van der Waals surface area (Å²) >= 11 is 0. The molecule has 19 nitrogen and oxygen atoms in total. The summed E-state index contributed by atoms with van der Waals surface area (Å²) in [6.07, 6.45) is 9.93. The number of likely N-dealkylation sites (tertiary alicyclic amines) is 2. The zero-order valence-electron chi connectivity index (χ0n) is 52.4. The van der Waals surface area contributed by atoms with Crippen LogP contribution < -0.4 is 26.6 Å². The lowest BCUT2D eigenvalue weighted by Gasteiger charge is -2.40. The molecule has 2 aliphatic heterocycles. The van der Waals surface area contributed by atoms with Gasteiger partial charge >= 0.3 is 0 Å². The molecular formula is C69H93N9O10. The van der Waals surface area contributed by atoms with E-state index < -0.39 is 48.3 Å². The molecule has 2 saturated carbocycles. The Morgan fingerprint density at radius 1 is 0.534 bits per heavy atom. The lowest BCUT2D eigenvalue weighted by Crippen LogP contribution is -2.61. The third-order valence-electron chi connectivity index (χ3n) is 18.5. The van der Waals surface area contributed by atoms with Gasteiger partial charge in [-0.3, -0.25) is 38.4 Å². The number of amides is 8. The van der Waals surface area contributed by atoms with E-state index in [0.717, 1.165) is 86.5 Å². The molecule has 2 saturated heterocycles. The van der Waals surface area contributed by atoms with Gasteiger partial charge in [-0.15, -0.1) is 0 Å². The molecule has 8 amide bonds. The standard InChI is InChI=1S/C69H93N9O10/c1-46(2)63(81)73-62(53-25-17-10-18-26-53)69(86)78-42-38-58(88-6)67(78)77(40-36-49-21-13-8-14-22-49)60(80)44-72-66(84)55-33-29-51(30-34-55)50-27-31-54(32-28-50)65(83)71-43-59(79)75(39-35-48-19-11-7-12-20-48)45-56-57(87-5)37-41-76(56)68(85)61(52-23-15-9-16-24-52)74-64(82)47(3)70-4/h7-8,11-14,19-22,27-34,46-47,52-53,56-58,61-62,67,70H,9-10,15-18,23-26,35-45H2,1-6H3,(H,71,83)(H,72,84)(H,73,81)(H,74,82)/t47-,56+,57-,58-,61-,62-,67?/m0/s1. The van der Waals surface area contributed by atoms with E-state index in [-0.39, 0.29) is 85.5 Å². The number of carbonyl (C=O) groups excluding carboxylic acids is 8. The average Bonchev–Trinajstić information content (AvgIpc) is 4.43. The molecule has 1 unspecified atom stereocenters. The molecule has 0 aromatic heterocycles. The van der Waals surface area contributed by atoms with Gasteiger partial charge in [-0.05, 0) is 124 Å². The number of carbonyl (C=O) groups is 8. The summed E-state index contributed by atoms with van der Waals surface area (Å²) in [6, 6.07) is 31.0. The van der Waals surface area contributed by atoms with Crippen molar-refractivity contribution >= 4 is 47.3 Å². The third-order valence-corrected chi connectivity index (χ3v) is 18.5. The Kier molecular flexibility index (Phi) is 24.7. The number of hydrogen-bond acceptors (Lipinski definition) is 11. The number of benzene rings is 4. The molecule has 4 aromatic rings. The van der Waals surface area contributed by atoms with Crippen molar-refractivity contribution in [1.29, 1.82) is 0 Å². The van der Waals surface area contributed by atoms with Crippen molar-refractivity contribution in [3.05, 3.63) is 131 Å². The van der Waals surface area contributed by atoms with Gasteiger partial charge in [-0.25, -0.2) is 0 Å². The third kappa shape index (κ3) is 17.4. The summed E-state index contributed by atoms with van der Waals surface area (Å²) < 4.78 is 12.0. The van der Waals surface area contributed by atoms with E-state index in [9.17, 15) is 38.4 Å². The van der Waals surface area contributed by atoms with Gasteiger partial charge in [-0.1, -0.05) is 137 Å². The molecule has 4 aliphatic rings. The highest BCUT2D eigenvalue weighted by Crippen LogP contribution is 2.33. The lowest BCUT2D eigenvalue weighted by atomic mass is 9.83. The highest BCUT2D eigenvalue weighted by atomic mass is 16.5. The number of nitrogens with one attached hydrogen (secondary N) is 5. The van der Waals surface area contributed by atoms with Crippen LogP contribution in [-0.2, 0) is 51.1 Å². The van der Waals surface area contributed by atoms with Crippen molar-refractivity contribution in [3.8, 4) is 11.1 Å². The first-order valence-corrected chi connectivity index (χ1v) is 32.0. The van der Waals surface area contributed by atoms with Crippen molar-refractivity contribution in [2.45, 2.75) is 153 Å². The van der Waals surface area contributed by atoms with Crippen LogP contribution >= 0.6 is 0 Å². The number of hydrogen-bond donors (Lipinski definition) is 5. The largest absolute Gasteiger partial charge is 0.379 e. The van der Waals surface area contributed by atoms with E-state index in [1.807, 2.05) is 74.5 Å². The summed E-state index contributed by atoms with van der Waals surface area (Å²) in [4.78, 5) is 119. The Morgan fingerprint density at radius 2 is 0.989 bits per heavy atom. The fourth-order valence-corrected chi connectivity index (χ4v) is 13.1. The van der Waals surface area contributed by atoms with E-state index in [0.29, 0.717) is 56.4 Å². The molecule has 2 heterocycles. The minimum atomic E-state index is -0.768. The summed E-state index contributed by atoms with van der Waals surface area (Å²) in [5, 5.41) is 14.8. The van der Waals surface area contributed by atoms with Crippen LogP contribution in [0.4, 0.5) is 0 Å². The van der Waals surface area contributed by atoms with Crippen LogP contribution in [0, 0.1) is 17.8 Å². The zero-order chi connectivity index (χ0) is 62.7. The van der Waals surface area contributed by atoms with Crippen LogP contribution in [0.5, 0.6) is 0 Å². The van der Waals surface area contributed by atoms with Crippen LogP contribution in [-0.4, -0.2) is 176 Å². The number of methoxy groups -OCH3 is 2. The Bertz CT molecular complexity index is 2950. The molecular weight excluding hydrogens is 1110 g/mol. The maximum atomic E-state index is 14.8. The van der Waals surface area contributed by atoms with Gasteiger partial charge < -0.3 is 55.7 Å². The molecule has 4 fully saturated rings. The van der Waals surface area contributed by atoms with Gasteiger partial charge in [0.15, 0.2) is 0 Å². The molecule has 0 spiro atoms. The smallest absolute Gasteiger partial charge is 0.251 e. The van der Waals surface area contributed by atoms with Gasteiger partial charge in [0.2, 0.25) is 35.4 Å². The first-order chi connectivity index (χ1) is 42.6. The number of ether oxygens (including phenoxy) is 2. The van der Waals surface area contributed by atoms with Crippen LogP contribution in [0.2, 0.25) is 0 Å². The summed E-state index contributed by atoms with van der Waals surface area (Å²) in [7, 11) is 4.91. The Balaban J connectivity index is 0.903. The Morgan fingerprint density at radius 3 is 1.48 bits per heavy atom. The predicted octanol–water partition coefficient (Wildman–Crippen LogP) is 6.54. The van der Waals surface area contributed by atoms with Gasteiger partial charge in [0, 0.05) is 64.0 Å². The SMILES string of the molecule is CN[C@@H](C)C(=O)N[C@H](C(=O)N1CC[C@H](OC)[C@H]1CN(CCc1ccccc1)C(=O)CNC(=O)c1ccc(-c2ccc(C(=O)NCC(=O)N(CCc3ccccc3)C3[C@@H](OC)CCN3C(=O)[C@@H](NC(=O)C(C)C)C3CCCCC3)cc2)cc1)C1CCCCC1. The van der Waals surface area contributed by atoms with Crippen molar-refractivity contribution < 1.29 is 47.8 Å². The van der Waals surface area contributed by atoms with Crippen LogP contribution in [0.3, 0.4) is 0 Å². The average molecular weight is 1210 g/mol. The number of likely N-dealkylation sites (N-methyl/N-ethyl adjacent to an activating group) is 1. The van der Waals surface area contributed by atoms with Crippen molar-refractivity contribution in [3.63, 3.8) is 0 Å². The predicted molar refractivity (Wildman–Crippen MR) is 337 cm³/mol. The van der Waals surface area contributed by atoms with E-state index in [1.54, 1.807) is 96.3 Å². The molecule has 88 heavy (non-hydrogen) atoms. The van der Waals surface area contributed by atoms with Gasteiger partial charge in [0.1, 0.15) is 18.2 Å². The van der Waals surface area contributed by atoms with Gasteiger partial charge in [0.25, 0.3) is 11.8 Å². The monoisotopic (exact) mass is 1210 g/mol. The van der Waals surface area contributed by atoms with Crippen LogP contribution in [0.25, 0.3) is 11.1 Å². The number of rotatable bonds is 27. The van der Waals surface area contributed by atoms with Crippen molar-refractivity contribution in [2.24, 2.45) is 17.8 Å². The van der Waals surface area contributed by atoms with E-state index >= 15 is 0 Å². The maximum absolute atomic E-state index is 14.8. The van der Waals surface area contributed by atoms with Crippen molar-refractivity contribution in [2.75, 3.05) is 67.1 Å². The molecule has 4 aromatic carbocycles. The van der Waals surface area contributed by atoms with Gasteiger partial charge in [-0.2, -0.15) is 0 Å². The number of nitrogens with zero attached hydrogens (tertiary/aromatic N) is 4. The van der Waals surface area contributed by atoms with E-state index in [4.69, 9.17) is 9.47 Å². The second kappa shape index (κ2) is 32.7. The zero-order valence-corrected chi connectivity index (χ0v) is 52.4. The summed E-state index contributed by atoms with van der Waals surface area (Å²) in [5.74, 6) is -2.76. The molecule has 5 N–H and O–H groups in total. The molecule has 2 aliphatic carbocycles. The molecule has 474 valence electrons. The fraction of sp³-hybridized carbons (Fsp3) is 0.536. The molecule has 19 heteroatoms. The highest BCUT2D eigenvalue weighted by molar-refractivity contribution is 5.98. The maximum Gasteiger partial charge on any atom is 0.251 e. The molecule has 0 bridgehead atoms. The normalized spacial score (nSPS) is 19.9. The van der Waals surface area contributed by atoms with E-state index in [2.05, 4.69) is 26.6 Å². The molecule has 0 radical (unpaired) electrons. The second-order valence-corrected chi connectivity index (χ2v) is 24.5. The first-order valence-electron chi connectivity index (χ1n) is 32.0. The van der Waals surface area contributed by atoms with Crippen LogP contribution in [0.15, 0.2) is 109 Å². The van der Waals surface area contributed by atoms with Crippen LogP contribution in [0.1, 0.15) is 130 Å². The minimum absolute atomic E-state index is 0.00489. The highest BCUT2D eigenvalue weighted by Gasteiger charge is 2.47. The first kappa shape index (κ1) is 66.5. The van der Waals surface area contributed by atoms with E-state index in [1.165, 1.54) is 0 Å². The molecule has 7 atom stereocenters. The summed E-state index contributed by atoms with van der Waals surface area (Å²) in [5.41, 5.74) is 4.25. The topological polar surface area (TPSA) is 228 Å². The summed E-state index contributed by atoms with van der Waals surface area (Å²) in [6.45, 7) is 6.28. The van der Waals surface area contributed by atoms with Gasteiger partial charge in [0.05, 0.1) is 37.4 Å².